The van der Waals surface area contributed by atoms with Crippen LogP contribution in [0, 0.1) is 0 Å². The monoisotopic (exact) mass is 310 g/mol. The summed E-state index contributed by atoms with van der Waals surface area (Å²) in [5.41, 5.74) is 0.704. The number of hydrogen-bond acceptors (Lipinski definition) is 4. The van der Waals surface area contributed by atoms with Crippen LogP contribution in [0.2, 0.25) is 0 Å². The summed E-state index contributed by atoms with van der Waals surface area (Å²) in [6.45, 7) is 0. The van der Waals surface area contributed by atoms with Crippen molar-refractivity contribution in [3.8, 4) is 0 Å². The minimum absolute atomic E-state index is 0.0567. The van der Waals surface area contributed by atoms with Crippen LogP contribution >= 0.6 is 0 Å². The number of carbonyl (C=O) groups excluding carboxylic acids is 1. The number of pyridine rings is 2. The van der Waals surface area contributed by atoms with E-state index in [1.165, 1.54) is 4.57 Å². The second-order valence-corrected chi connectivity index (χ2v) is 5.23. The molecular weight excluding hydrogens is 298 g/mol. The molecule has 22 heavy (non-hydrogen) atoms. The zero-order valence-corrected chi connectivity index (χ0v) is 12.6. The van der Waals surface area contributed by atoms with Gasteiger partial charge in [0.15, 0.2) is 0 Å². The molecule has 3 rings (SSSR count). The molecule has 0 aliphatic rings. The fourth-order valence-corrected chi connectivity index (χ4v) is 2.42. The topological polar surface area (TPSA) is 64.0 Å². The Morgan fingerprint density at radius 1 is 1.23 bits per heavy atom. The number of amides is 1. The second-order valence-electron chi connectivity index (χ2n) is 4.79. The lowest BCUT2D eigenvalue weighted by Gasteiger charge is -2.14. The van der Waals surface area contributed by atoms with Gasteiger partial charge in [-0.2, -0.15) is 4.90 Å². The van der Waals surface area contributed by atoms with E-state index in [0.29, 0.717) is 16.2 Å². The van der Waals surface area contributed by atoms with E-state index in [1.54, 1.807) is 55.7 Å². The molecule has 2 aromatic heterocycles. The summed E-state index contributed by atoms with van der Waals surface area (Å²) in [4.78, 5) is 29.4. The average molecular weight is 310 g/mol. The van der Waals surface area contributed by atoms with Gasteiger partial charge in [0, 0.05) is 24.3 Å². The highest BCUT2D eigenvalue weighted by atomic mass is 32.1. The normalized spacial score (nSPS) is 10.6. The molecule has 0 bridgehead atoms. The summed E-state index contributed by atoms with van der Waals surface area (Å²) < 4.78 is 1.36. The molecule has 110 valence electrons. The standard InChI is InChI=1S/C16H13N3O2S/c1-19-14-10(5-4-8-17-14)9-11(16(19)21)15(20)18-12-6-2-3-7-13(12)22/h2-9,22H,1H3,(H,18,20)/p-1. The molecule has 0 aliphatic carbocycles. The van der Waals surface area contributed by atoms with Crippen LogP contribution in [0.4, 0.5) is 5.69 Å². The number of hydrogen-bond donors (Lipinski definition) is 1. The Morgan fingerprint density at radius 3 is 2.77 bits per heavy atom. The first-order valence-corrected chi connectivity index (χ1v) is 7.01. The van der Waals surface area contributed by atoms with Crippen LogP contribution in [0.1, 0.15) is 10.4 Å². The molecule has 1 N–H and O–H groups in total. The molecule has 2 heterocycles. The number of carbonyl (C=O) groups is 1. The van der Waals surface area contributed by atoms with Gasteiger partial charge >= 0.3 is 0 Å². The molecular formula is C16H12N3O2S-. The lowest BCUT2D eigenvalue weighted by Crippen LogP contribution is -2.28. The highest BCUT2D eigenvalue weighted by molar-refractivity contribution is 7.59. The number of nitrogens with zero attached hydrogens (tertiary/aromatic N) is 2. The van der Waals surface area contributed by atoms with Crippen molar-refractivity contribution >= 4 is 35.3 Å². The summed E-state index contributed by atoms with van der Waals surface area (Å²) in [5, 5.41) is 3.41. The van der Waals surface area contributed by atoms with Crippen LogP contribution in [-0.4, -0.2) is 15.5 Å². The van der Waals surface area contributed by atoms with E-state index in [1.807, 2.05) is 0 Å². The lowest BCUT2D eigenvalue weighted by atomic mass is 10.2. The highest BCUT2D eigenvalue weighted by Gasteiger charge is 2.14. The van der Waals surface area contributed by atoms with Gasteiger partial charge in [0.1, 0.15) is 11.2 Å². The Hall–Kier alpha value is -2.73. The first-order chi connectivity index (χ1) is 10.6. The van der Waals surface area contributed by atoms with Crippen LogP contribution in [0.25, 0.3) is 11.0 Å². The van der Waals surface area contributed by atoms with Gasteiger partial charge in [-0.05, 0) is 24.3 Å². The predicted molar refractivity (Wildman–Crippen MR) is 87.0 cm³/mol. The third-order valence-electron chi connectivity index (χ3n) is 3.35. The van der Waals surface area contributed by atoms with Crippen molar-refractivity contribution in [3.63, 3.8) is 0 Å². The summed E-state index contributed by atoms with van der Waals surface area (Å²) in [7, 11) is 1.59. The fourth-order valence-electron chi connectivity index (χ4n) is 2.22. The van der Waals surface area contributed by atoms with Gasteiger partial charge in [-0.15, -0.1) is 0 Å². The Labute approximate surface area is 132 Å². The molecule has 0 unspecified atom stereocenters. The molecule has 0 spiro atoms. The molecule has 0 saturated heterocycles. The van der Waals surface area contributed by atoms with Gasteiger partial charge in [-0.25, -0.2) is 4.98 Å². The summed E-state index contributed by atoms with van der Waals surface area (Å²) in [6.07, 6.45) is 1.61. The molecule has 0 saturated carbocycles. The van der Waals surface area contributed by atoms with Crippen LogP contribution < -0.4 is 10.9 Å². The van der Waals surface area contributed by atoms with Gasteiger partial charge in [-0.1, -0.05) is 18.2 Å². The number of nitrogens with one attached hydrogen (secondary N) is 1. The van der Waals surface area contributed by atoms with Gasteiger partial charge in [0.25, 0.3) is 11.5 Å². The van der Waals surface area contributed by atoms with E-state index < -0.39 is 11.5 Å². The van der Waals surface area contributed by atoms with Crippen LogP contribution in [-0.2, 0) is 19.7 Å². The smallest absolute Gasteiger partial charge is 0.264 e. The number of aryl methyl sites for hydroxylation is 1. The zero-order valence-electron chi connectivity index (χ0n) is 11.7. The van der Waals surface area contributed by atoms with Crippen molar-refractivity contribution in [2.75, 3.05) is 5.32 Å². The average Bonchev–Trinajstić information content (AvgIpc) is 2.53. The Balaban J connectivity index is 2.07. The van der Waals surface area contributed by atoms with Crippen molar-refractivity contribution in [2.24, 2.45) is 7.05 Å². The number of benzene rings is 1. The predicted octanol–water partition coefficient (Wildman–Crippen LogP) is 2.09. The fraction of sp³-hybridized carbons (Fsp3) is 0.0625. The van der Waals surface area contributed by atoms with E-state index in [4.69, 9.17) is 12.6 Å². The maximum Gasteiger partial charge on any atom is 0.264 e. The van der Waals surface area contributed by atoms with Crippen molar-refractivity contribution in [1.82, 2.24) is 9.55 Å². The van der Waals surface area contributed by atoms with Gasteiger partial charge in [0.05, 0.1) is 0 Å². The van der Waals surface area contributed by atoms with E-state index in [0.717, 1.165) is 5.39 Å². The van der Waals surface area contributed by atoms with Crippen LogP contribution in [0.15, 0.2) is 58.4 Å². The maximum absolute atomic E-state index is 12.4. The molecule has 3 aromatic rings. The summed E-state index contributed by atoms with van der Waals surface area (Å²) in [5.74, 6) is -0.483. The number of para-hydroxylation sites is 1. The SMILES string of the molecule is Cn1c(=O)c(C(=O)Nc2ccccc2[S-])cc2cccnc21. The van der Waals surface area contributed by atoms with Crippen molar-refractivity contribution in [1.29, 1.82) is 0 Å². The molecule has 0 atom stereocenters. The van der Waals surface area contributed by atoms with Crippen molar-refractivity contribution in [2.45, 2.75) is 4.90 Å². The molecule has 5 nitrogen and oxygen atoms in total. The maximum atomic E-state index is 12.4. The van der Waals surface area contributed by atoms with Crippen molar-refractivity contribution in [3.05, 3.63) is 64.6 Å². The second kappa shape index (κ2) is 5.57. The molecule has 0 aliphatic heterocycles. The quantitative estimate of drug-likeness (QED) is 0.736. The molecule has 1 amide bonds. The number of fused-ring (bicyclic) bond motifs is 1. The van der Waals surface area contributed by atoms with Gasteiger partial charge in [-0.3, -0.25) is 14.2 Å². The third kappa shape index (κ3) is 2.44. The van der Waals surface area contributed by atoms with E-state index >= 15 is 0 Å². The Kier molecular flexibility index (Phi) is 3.60. The minimum atomic E-state index is -0.483. The van der Waals surface area contributed by atoms with E-state index in [-0.39, 0.29) is 5.56 Å². The summed E-state index contributed by atoms with van der Waals surface area (Å²) in [6, 6.07) is 12.1. The number of aromatic nitrogens is 2. The highest BCUT2D eigenvalue weighted by Crippen LogP contribution is 2.16. The van der Waals surface area contributed by atoms with Gasteiger partial charge in [0.2, 0.25) is 0 Å². The third-order valence-corrected chi connectivity index (χ3v) is 3.71. The van der Waals surface area contributed by atoms with Crippen LogP contribution in [0.5, 0.6) is 0 Å². The number of anilines is 1. The Morgan fingerprint density at radius 2 is 2.00 bits per heavy atom. The molecule has 1 aromatic carbocycles. The molecule has 0 fully saturated rings. The first kappa shape index (κ1) is 14.2. The largest absolute Gasteiger partial charge is 0.778 e. The van der Waals surface area contributed by atoms with E-state index in [2.05, 4.69) is 10.3 Å². The summed E-state index contributed by atoms with van der Waals surface area (Å²) >= 11 is 5.15. The first-order valence-electron chi connectivity index (χ1n) is 6.60. The number of rotatable bonds is 2. The van der Waals surface area contributed by atoms with Gasteiger partial charge < -0.3 is 17.9 Å². The minimum Gasteiger partial charge on any atom is -0.778 e. The molecule has 6 heteroatoms. The Bertz CT molecular complexity index is 934. The van der Waals surface area contributed by atoms with E-state index in [9.17, 15) is 9.59 Å². The molecule has 0 radical (unpaired) electrons. The van der Waals surface area contributed by atoms with Crippen LogP contribution in [0.3, 0.4) is 0 Å². The van der Waals surface area contributed by atoms with Crippen molar-refractivity contribution < 1.29 is 4.79 Å². The lowest BCUT2D eigenvalue weighted by molar-refractivity contribution is 0.102. The zero-order chi connectivity index (χ0) is 15.7.